The molecule has 2 rings (SSSR count). The third kappa shape index (κ3) is 5.51. The molecule has 146 valence electrons. The van der Waals surface area contributed by atoms with E-state index in [1.165, 1.54) is 20.1 Å². The van der Waals surface area contributed by atoms with Crippen LogP contribution in [0.2, 0.25) is 10.0 Å². The van der Waals surface area contributed by atoms with Gasteiger partial charge in [0.05, 0.1) is 19.1 Å². The maximum Gasteiger partial charge on any atom is 0.243 e. The summed E-state index contributed by atoms with van der Waals surface area (Å²) in [6.45, 7) is 1.74. The molecule has 0 spiro atoms. The zero-order valence-corrected chi connectivity index (χ0v) is 17.4. The molecule has 0 aliphatic rings. The van der Waals surface area contributed by atoms with Gasteiger partial charge in [-0.05, 0) is 42.8 Å². The number of nitrogens with zero attached hydrogens (tertiary/aromatic N) is 1. The van der Waals surface area contributed by atoms with Crippen LogP contribution in [0.15, 0.2) is 42.5 Å². The summed E-state index contributed by atoms with van der Waals surface area (Å²) in [7, 11) is -2.37. The Bertz CT molecular complexity index is 917. The highest BCUT2D eigenvalue weighted by Crippen LogP contribution is 2.34. The van der Waals surface area contributed by atoms with Gasteiger partial charge in [0.25, 0.3) is 0 Å². The second kappa shape index (κ2) is 8.82. The van der Waals surface area contributed by atoms with E-state index in [-0.39, 0.29) is 12.2 Å². The second-order valence-electron chi connectivity index (χ2n) is 5.90. The van der Waals surface area contributed by atoms with E-state index in [1.54, 1.807) is 36.4 Å². The van der Waals surface area contributed by atoms with Crippen LogP contribution in [0.4, 0.5) is 5.69 Å². The Balaban J connectivity index is 2.27. The molecule has 27 heavy (non-hydrogen) atoms. The summed E-state index contributed by atoms with van der Waals surface area (Å²) >= 11 is 11.9. The number of ether oxygens (including phenoxy) is 1. The van der Waals surface area contributed by atoms with Crippen LogP contribution in [-0.2, 0) is 21.4 Å². The average molecular weight is 431 g/mol. The molecule has 0 radical (unpaired) electrons. The lowest BCUT2D eigenvalue weighted by molar-refractivity contribution is -0.122. The number of carbonyl (C=O) groups excluding carboxylic acids is 1. The van der Waals surface area contributed by atoms with Gasteiger partial charge in [-0.15, -0.1) is 0 Å². The first kappa shape index (κ1) is 21.3. The van der Waals surface area contributed by atoms with Gasteiger partial charge in [-0.2, -0.15) is 0 Å². The molecule has 0 bridgehead atoms. The number of benzene rings is 2. The van der Waals surface area contributed by atoms with Crippen molar-refractivity contribution in [1.82, 2.24) is 5.32 Å². The molecule has 0 heterocycles. The maximum absolute atomic E-state index is 12.6. The van der Waals surface area contributed by atoms with Gasteiger partial charge in [-0.25, -0.2) is 8.42 Å². The van der Waals surface area contributed by atoms with Gasteiger partial charge in [0.2, 0.25) is 15.9 Å². The van der Waals surface area contributed by atoms with Crippen LogP contribution in [0.25, 0.3) is 0 Å². The lowest BCUT2D eigenvalue weighted by Gasteiger charge is -2.29. The van der Waals surface area contributed by atoms with Crippen molar-refractivity contribution >= 4 is 44.8 Å². The summed E-state index contributed by atoms with van der Waals surface area (Å²) in [6.07, 6.45) is 1.02. The second-order valence-corrected chi connectivity index (χ2v) is 8.63. The van der Waals surface area contributed by atoms with Crippen molar-refractivity contribution in [3.05, 3.63) is 58.1 Å². The van der Waals surface area contributed by atoms with E-state index >= 15 is 0 Å². The number of methoxy groups -OCH3 is 1. The molecule has 0 aliphatic carbocycles. The highest BCUT2D eigenvalue weighted by atomic mass is 35.5. The van der Waals surface area contributed by atoms with E-state index in [9.17, 15) is 13.2 Å². The number of anilines is 1. The highest BCUT2D eigenvalue weighted by Gasteiger charge is 2.31. The highest BCUT2D eigenvalue weighted by molar-refractivity contribution is 7.92. The van der Waals surface area contributed by atoms with Crippen molar-refractivity contribution in [3.63, 3.8) is 0 Å². The van der Waals surface area contributed by atoms with Crippen LogP contribution < -0.4 is 14.4 Å². The van der Waals surface area contributed by atoms with E-state index in [0.717, 1.165) is 16.1 Å². The number of amides is 1. The van der Waals surface area contributed by atoms with E-state index in [4.69, 9.17) is 27.9 Å². The maximum atomic E-state index is 12.6. The molecule has 0 fully saturated rings. The number of carbonyl (C=O) groups is 1. The zero-order chi connectivity index (χ0) is 20.2. The van der Waals surface area contributed by atoms with Crippen molar-refractivity contribution in [1.29, 1.82) is 0 Å². The smallest absolute Gasteiger partial charge is 0.243 e. The lowest BCUT2D eigenvalue weighted by Crippen LogP contribution is -2.47. The molecule has 0 aliphatic heterocycles. The van der Waals surface area contributed by atoms with Gasteiger partial charge >= 0.3 is 0 Å². The summed E-state index contributed by atoms with van der Waals surface area (Å²) < 4.78 is 31.0. The van der Waals surface area contributed by atoms with Gasteiger partial charge in [-0.1, -0.05) is 35.3 Å². The molecule has 1 amide bonds. The first-order valence-electron chi connectivity index (χ1n) is 7.98. The number of halogens is 2. The molecule has 6 nitrogen and oxygen atoms in total. The minimum atomic E-state index is -3.78. The third-order valence-electron chi connectivity index (χ3n) is 3.85. The predicted molar refractivity (Wildman–Crippen MR) is 108 cm³/mol. The Kier molecular flexibility index (Phi) is 6.97. The number of hydrogen-bond donors (Lipinski definition) is 1. The van der Waals surface area contributed by atoms with Crippen molar-refractivity contribution in [3.8, 4) is 5.75 Å². The first-order valence-corrected chi connectivity index (χ1v) is 10.6. The standard InChI is InChI=1S/C18H20Cl2N2O4S/c1-12(18(23)21-11-13-4-6-14(19)7-5-13)22(27(3,24)25)16-10-15(20)8-9-17(16)26-2/h4-10,12H,11H2,1-3H3,(H,21,23)/t12-/m0/s1. The van der Waals surface area contributed by atoms with E-state index < -0.39 is 22.0 Å². The fourth-order valence-corrected chi connectivity index (χ4v) is 4.02. The summed E-state index contributed by atoms with van der Waals surface area (Å²) in [5.41, 5.74) is 1.04. The molecular weight excluding hydrogens is 411 g/mol. The number of nitrogens with one attached hydrogen (secondary N) is 1. The zero-order valence-electron chi connectivity index (χ0n) is 15.1. The quantitative estimate of drug-likeness (QED) is 0.729. The van der Waals surface area contributed by atoms with Crippen molar-refractivity contribution in [2.45, 2.75) is 19.5 Å². The minimum absolute atomic E-state index is 0.196. The molecule has 1 N–H and O–H groups in total. The van der Waals surface area contributed by atoms with Crippen molar-refractivity contribution < 1.29 is 17.9 Å². The summed E-state index contributed by atoms with van der Waals surface area (Å²) in [5.74, 6) is -0.167. The van der Waals surface area contributed by atoms with Crippen LogP contribution in [0.3, 0.4) is 0 Å². The molecule has 0 saturated heterocycles. The molecule has 0 unspecified atom stereocenters. The fraction of sp³-hybridized carbons (Fsp3) is 0.278. The fourth-order valence-electron chi connectivity index (χ4n) is 2.56. The van der Waals surface area contributed by atoms with E-state index in [0.29, 0.717) is 15.8 Å². The topological polar surface area (TPSA) is 75.7 Å². The molecule has 1 atom stereocenters. The molecule has 0 aromatic heterocycles. The largest absolute Gasteiger partial charge is 0.495 e. The molecule has 9 heteroatoms. The molecule has 2 aromatic rings. The van der Waals surface area contributed by atoms with Crippen LogP contribution in [0, 0.1) is 0 Å². The minimum Gasteiger partial charge on any atom is -0.495 e. The van der Waals surface area contributed by atoms with Gasteiger partial charge in [-0.3, -0.25) is 9.10 Å². The van der Waals surface area contributed by atoms with Gasteiger partial charge in [0.1, 0.15) is 11.8 Å². The number of rotatable bonds is 7. The summed E-state index contributed by atoms with van der Waals surface area (Å²) in [4.78, 5) is 12.6. The monoisotopic (exact) mass is 430 g/mol. The summed E-state index contributed by atoms with van der Waals surface area (Å²) in [5, 5.41) is 3.65. The molecule has 0 saturated carbocycles. The Hall–Kier alpha value is -1.96. The predicted octanol–water partition coefficient (Wildman–Crippen LogP) is 3.47. The SMILES string of the molecule is COc1ccc(Cl)cc1N([C@@H](C)C(=O)NCc1ccc(Cl)cc1)S(C)(=O)=O. The van der Waals surface area contributed by atoms with Crippen molar-refractivity contribution in [2.24, 2.45) is 0 Å². The van der Waals surface area contributed by atoms with Gasteiger partial charge in [0, 0.05) is 16.6 Å². The Morgan fingerprint density at radius 2 is 1.74 bits per heavy atom. The summed E-state index contributed by atoms with van der Waals surface area (Å²) in [6, 6.07) is 10.6. The van der Waals surface area contributed by atoms with Gasteiger partial charge < -0.3 is 10.1 Å². The van der Waals surface area contributed by atoms with E-state index in [2.05, 4.69) is 5.32 Å². The van der Waals surface area contributed by atoms with Crippen LogP contribution in [-0.4, -0.2) is 33.7 Å². The van der Waals surface area contributed by atoms with Gasteiger partial charge in [0.15, 0.2) is 0 Å². The van der Waals surface area contributed by atoms with E-state index in [1.807, 2.05) is 0 Å². The number of sulfonamides is 1. The third-order valence-corrected chi connectivity index (χ3v) is 5.56. The Morgan fingerprint density at radius 3 is 2.30 bits per heavy atom. The number of hydrogen-bond acceptors (Lipinski definition) is 4. The Morgan fingerprint density at radius 1 is 1.15 bits per heavy atom. The first-order chi connectivity index (χ1) is 12.6. The molecular formula is C18H20Cl2N2O4S. The van der Waals surface area contributed by atoms with Crippen LogP contribution >= 0.6 is 23.2 Å². The van der Waals surface area contributed by atoms with Crippen LogP contribution in [0.1, 0.15) is 12.5 Å². The average Bonchev–Trinajstić information content (AvgIpc) is 2.60. The van der Waals surface area contributed by atoms with Crippen LogP contribution in [0.5, 0.6) is 5.75 Å². The normalized spacial score (nSPS) is 12.3. The lowest BCUT2D eigenvalue weighted by atomic mass is 10.2. The van der Waals surface area contributed by atoms with Crippen molar-refractivity contribution in [2.75, 3.05) is 17.7 Å². The Labute approximate surface area is 169 Å². The molecule has 2 aromatic carbocycles.